The highest BCUT2D eigenvalue weighted by atomic mass is 35.5. The quantitative estimate of drug-likeness (QED) is 0.799. The number of nitrogens with zero attached hydrogens (tertiary/aromatic N) is 3. The van der Waals surface area contributed by atoms with Gasteiger partial charge in [-0.2, -0.15) is 5.10 Å². The second kappa shape index (κ2) is 5.93. The highest BCUT2D eigenvalue weighted by Crippen LogP contribution is 2.22. The molecule has 0 saturated carbocycles. The molecule has 0 aliphatic carbocycles. The number of benzene rings is 2. The average Bonchev–Trinajstić information content (AvgIpc) is 3.03. The zero-order chi connectivity index (χ0) is 14.7. The molecular weight excluding hydrogens is 291 g/mol. The van der Waals surface area contributed by atoms with Gasteiger partial charge in [-0.25, -0.2) is 14.1 Å². The lowest BCUT2D eigenvalue weighted by molar-refractivity contribution is 0.613. The van der Waals surface area contributed by atoms with Crippen LogP contribution in [0.15, 0.2) is 55.1 Å². The van der Waals surface area contributed by atoms with E-state index in [0.29, 0.717) is 12.1 Å². The Bertz CT molecular complexity index is 743. The van der Waals surface area contributed by atoms with Crippen molar-refractivity contribution < 1.29 is 4.39 Å². The lowest BCUT2D eigenvalue weighted by atomic mass is 10.2. The normalized spacial score (nSPS) is 10.6. The maximum absolute atomic E-state index is 13.9. The van der Waals surface area contributed by atoms with E-state index in [0.717, 1.165) is 11.4 Å². The van der Waals surface area contributed by atoms with Crippen molar-refractivity contribution in [2.24, 2.45) is 0 Å². The number of para-hydroxylation sites is 2. The van der Waals surface area contributed by atoms with Crippen LogP contribution in [-0.4, -0.2) is 14.8 Å². The van der Waals surface area contributed by atoms with Gasteiger partial charge in [0.05, 0.1) is 16.4 Å². The van der Waals surface area contributed by atoms with Gasteiger partial charge in [-0.3, -0.25) is 0 Å². The Morgan fingerprint density at radius 2 is 2.00 bits per heavy atom. The van der Waals surface area contributed by atoms with Crippen LogP contribution in [0.3, 0.4) is 0 Å². The van der Waals surface area contributed by atoms with Crippen molar-refractivity contribution in [3.63, 3.8) is 0 Å². The molecule has 0 saturated heterocycles. The van der Waals surface area contributed by atoms with Crippen molar-refractivity contribution >= 4 is 17.3 Å². The SMILES string of the molecule is Fc1c(Cl)cccc1CNc1ccccc1-n1cncn1. The molecule has 0 radical (unpaired) electrons. The molecule has 3 rings (SSSR count). The minimum Gasteiger partial charge on any atom is -0.379 e. The molecule has 0 aliphatic rings. The zero-order valence-corrected chi connectivity index (χ0v) is 11.8. The van der Waals surface area contributed by atoms with Gasteiger partial charge in [0.2, 0.25) is 0 Å². The highest BCUT2D eigenvalue weighted by Gasteiger charge is 2.08. The number of anilines is 1. The maximum atomic E-state index is 13.9. The van der Waals surface area contributed by atoms with E-state index in [-0.39, 0.29) is 5.02 Å². The number of hydrogen-bond acceptors (Lipinski definition) is 3. The molecule has 0 atom stereocenters. The van der Waals surface area contributed by atoms with Crippen LogP contribution in [0.5, 0.6) is 0 Å². The minimum atomic E-state index is -0.398. The largest absolute Gasteiger partial charge is 0.379 e. The summed E-state index contributed by atoms with van der Waals surface area (Å²) in [5.41, 5.74) is 2.19. The van der Waals surface area contributed by atoms with Gasteiger partial charge in [0.25, 0.3) is 0 Å². The van der Waals surface area contributed by atoms with Crippen LogP contribution < -0.4 is 5.32 Å². The van der Waals surface area contributed by atoms with Gasteiger partial charge in [-0.05, 0) is 18.2 Å². The van der Waals surface area contributed by atoms with Gasteiger partial charge in [-0.1, -0.05) is 35.9 Å². The summed E-state index contributed by atoms with van der Waals surface area (Å²) in [7, 11) is 0. The van der Waals surface area contributed by atoms with Crippen LogP contribution in [0.2, 0.25) is 5.02 Å². The molecule has 1 N–H and O–H groups in total. The van der Waals surface area contributed by atoms with Gasteiger partial charge in [-0.15, -0.1) is 0 Å². The molecule has 0 spiro atoms. The van der Waals surface area contributed by atoms with Gasteiger partial charge < -0.3 is 5.32 Å². The Morgan fingerprint density at radius 3 is 2.81 bits per heavy atom. The number of hydrogen-bond donors (Lipinski definition) is 1. The number of rotatable bonds is 4. The van der Waals surface area contributed by atoms with Gasteiger partial charge in [0, 0.05) is 12.1 Å². The third-order valence-electron chi connectivity index (χ3n) is 3.07. The summed E-state index contributed by atoms with van der Waals surface area (Å²) >= 11 is 5.78. The average molecular weight is 303 g/mol. The van der Waals surface area contributed by atoms with Crippen LogP contribution in [0.4, 0.5) is 10.1 Å². The molecule has 2 aromatic carbocycles. The Kier molecular flexibility index (Phi) is 3.83. The molecule has 4 nitrogen and oxygen atoms in total. The third-order valence-corrected chi connectivity index (χ3v) is 3.36. The van der Waals surface area contributed by atoms with Gasteiger partial charge in [0.1, 0.15) is 18.5 Å². The van der Waals surface area contributed by atoms with Crippen LogP contribution >= 0.6 is 11.6 Å². The highest BCUT2D eigenvalue weighted by molar-refractivity contribution is 6.30. The second-order valence-electron chi connectivity index (χ2n) is 4.42. The molecule has 3 aromatic rings. The van der Waals surface area contributed by atoms with Crippen molar-refractivity contribution in [2.45, 2.75) is 6.54 Å². The van der Waals surface area contributed by atoms with E-state index < -0.39 is 5.82 Å². The van der Waals surface area contributed by atoms with E-state index in [9.17, 15) is 4.39 Å². The molecule has 6 heteroatoms. The standard InChI is InChI=1S/C15H12ClFN4/c16-12-5-3-4-11(15(12)17)8-19-13-6-1-2-7-14(13)21-10-18-9-20-21/h1-7,9-10,19H,8H2. The molecule has 0 unspecified atom stereocenters. The molecule has 0 aliphatic heterocycles. The number of nitrogens with one attached hydrogen (secondary N) is 1. The molecule has 21 heavy (non-hydrogen) atoms. The van der Waals surface area contributed by atoms with Crippen molar-refractivity contribution in [3.05, 3.63) is 71.5 Å². The topological polar surface area (TPSA) is 42.7 Å². The van der Waals surface area contributed by atoms with Crippen molar-refractivity contribution in [1.29, 1.82) is 0 Å². The lowest BCUT2D eigenvalue weighted by Crippen LogP contribution is -2.06. The summed E-state index contributed by atoms with van der Waals surface area (Å²) < 4.78 is 15.5. The first-order valence-corrected chi connectivity index (χ1v) is 6.74. The van der Waals surface area contributed by atoms with Crippen LogP contribution in [-0.2, 0) is 6.54 Å². The van der Waals surface area contributed by atoms with E-state index in [1.807, 2.05) is 24.3 Å². The van der Waals surface area contributed by atoms with E-state index in [2.05, 4.69) is 15.4 Å². The van der Waals surface area contributed by atoms with E-state index in [1.54, 1.807) is 23.1 Å². The lowest BCUT2D eigenvalue weighted by Gasteiger charge is -2.12. The molecular formula is C15H12ClFN4. The van der Waals surface area contributed by atoms with Gasteiger partial charge in [0.15, 0.2) is 0 Å². The molecule has 0 amide bonds. The first kappa shape index (κ1) is 13.6. The Morgan fingerprint density at radius 1 is 1.14 bits per heavy atom. The summed E-state index contributed by atoms with van der Waals surface area (Å²) in [6.07, 6.45) is 3.08. The van der Waals surface area contributed by atoms with Gasteiger partial charge >= 0.3 is 0 Å². The molecule has 1 heterocycles. The fraction of sp³-hybridized carbons (Fsp3) is 0.0667. The molecule has 0 bridgehead atoms. The smallest absolute Gasteiger partial charge is 0.146 e. The van der Waals surface area contributed by atoms with Crippen molar-refractivity contribution in [2.75, 3.05) is 5.32 Å². The second-order valence-corrected chi connectivity index (χ2v) is 4.83. The number of aromatic nitrogens is 3. The summed E-state index contributed by atoms with van der Waals surface area (Å²) in [5, 5.41) is 7.43. The summed E-state index contributed by atoms with van der Waals surface area (Å²) in [6.45, 7) is 0.331. The van der Waals surface area contributed by atoms with E-state index in [1.165, 1.54) is 12.4 Å². The zero-order valence-electron chi connectivity index (χ0n) is 11.0. The minimum absolute atomic E-state index is 0.124. The monoisotopic (exact) mass is 302 g/mol. The fourth-order valence-electron chi connectivity index (χ4n) is 2.03. The maximum Gasteiger partial charge on any atom is 0.146 e. The first-order chi connectivity index (χ1) is 10.3. The third kappa shape index (κ3) is 2.87. The Labute approximate surface area is 126 Å². The van der Waals surface area contributed by atoms with Crippen molar-refractivity contribution in [3.8, 4) is 5.69 Å². The summed E-state index contributed by atoms with van der Waals surface area (Å²) in [5.74, 6) is -0.398. The molecule has 0 fully saturated rings. The summed E-state index contributed by atoms with van der Waals surface area (Å²) in [4.78, 5) is 3.93. The molecule has 106 valence electrons. The fourth-order valence-corrected chi connectivity index (χ4v) is 2.23. The van der Waals surface area contributed by atoms with Crippen LogP contribution in [0, 0.1) is 5.82 Å². The van der Waals surface area contributed by atoms with E-state index >= 15 is 0 Å². The predicted molar refractivity (Wildman–Crippen MR) is 80.1 cm³/mol. The molecule has 1 aromatic heterocycles. The van der Waals surface area contributed by atoms with E-state index in [4.69, 9.17) is 11.6 Å². The summed E-state index contributed by atoms with van der Waals surface area (Å²) in [6, 6.07) is 12.6. The Hall–Kier alpha value is -2.40. The Balaban J connectivity index is 1.85. The number of halogens is 2. The van der Waals surface area contributed by atoms with Crippen LogP contribution in [0.1, 0.15) is 5.56 Å². The predicted octanol–water partition coefficient (Wildman–Crippen LogP) is 3.67. The first-order valence-electron chi connectivity index (χ1n) is 6.36. The van der Waals surface area contributed by atoms with Crippen molar-refractivity contribution in [1.82, 2.24) is 14.8 Å². The van der Waals surface area contributed by atoms with Crippen LogP contribution in [0.25, 0.3) is 5.69 Å².